The van der Waals surface area contributed by atoms with Gasteiger partial charge in [0.05, 0.1) is 0 Å². The molecule has 3 N–H and O–H groups in total. The van der Waals surface area contributed by atoms with Crippen LogP contribution in [0.4, 0.5) is 5.95 Å². The minimum atomic E-state index is 0.245. The normalized spacial score (nSPS) is 29.6. The second kappa shape index (κ2) is 4.29. The molecule has 1 aromatic rings. The van der Waals surface area contributed by atoms with Crippen LogP contribution in [0, 0.1) is 11.8 Å². The Kier molecular flexibility index (Phi) is 2.78. The molecule has 0 aromatic carbocycles. The first-order valence-electron chi connectivity index (χ1n) is 6.64. The van der Waals surface area contributed by atoms with Gasteiger partial charge in [-0.05, 0) is 31.1 Å². The Morgan fingerprint density at radius 1 is 1.41 bits per heavy atom. The Hall–Kier alpha value is -1.10. The summed E-state index contributed by atoms with van der Waals surface area (Å²) in [4.78, 5) is 6.78. The van der Waals surface area contributed by atoms with Gasteiger partial charge < -0.3 is 10.6 Å². The van der Waals surface area contributed by atoms with Crippen molar-refractivity contribution in [3.05, 3.63) is 5.82 Å². The van der Waals surface area contributed by atoms with E-state index in [1.165, 1.54) is 12.8 Å². The van der Waals surface area contributed by atoms with Crippen LogP contribution < -0.4 is 10.6 Å². The molecule has 0 spiro atoms. The van der Waals surface area contributed by atoms with Gasteiger partial charge in [-0.2, -0.15) is 4.98 Å². The lowest BCUT2D eigenvalue weighted by atomic mass is 9.95. The average molecular weight is 235 g/mol. The second-order valence-electron chi connectivity index (χ2n) is 5.61. The van der Waals surface area contributed by atoms with Crippen LogP contribution in [0.25, 0.3) is 0 Å². The summed E-state index contributed by atoms with van der Waals surface area (Å²) >= 11 is 0. The topological polar surface area (TPSA) is 70.8 Å². The molecule has 3 rings (SSSR count). The van der Waals surface area contributed by atoms with Gasteiger partial charge in [-0.25, -0.2) is 0 Å². The van der Waals surface area contributed by atoms with Crippen molar-refractivity contribution >= 4 is 5.95 Å². The first-order valence-corrected chi connectivity index (χ1v) is 6.64. The molecule has 1 saturated carbocycles. The molecule has 1 aliphatic heterocycles. The van der Waals surface area contributed by atoms with Crippen LogP contribution in [0.5, 0.6) is 0 Å². The fraction of sp³-hybridized carbons (Fsp3) is 0.833. The highest BCUT2D eigenvalue weighted by Crippen LogP contribution is 2.32. The number of H-pyrrole nitrogens is 1. The van der Waals surface area contributed by atoms with Crippen molar-refractivity contribution in [2.24, 2.45) is 17.6 Å². The number of hydrogen-bond donors (Lipinski definition) is 2. The van der Waals surface area contributed by atoms with E-state index >= 15 is 0 Å². The van der Waals surface area contributed by atoms with Gasteiger partial charge in [0.25, 0.3) is 0 Å². The second-order valence-corrected chi connectivity index (χ2v) is 5.61. The molecule has 2 fully saturated rings. The first-order chi connectivity index (χ1) is 8.22. The molecule has 17 heavy (non-hydrogen) atoms. The van der Waals surface area contributed by atoms with Gasteiger partial charge in [0.15, 0.2) is 0 Å². The van der Waals surface area contributed by atoms with E-state index in [1.807, 2.05) is 0 Å². The number of aromatic amines is 1. The number of nitrogens with one attached hydrogen (secondary N) is 1. The van der Waals surface area contributed by atoms with Gasteiger partial charge in [-0.3, -0.25) is 5.10 Å². The summed E-state index contributed by atoms with van der Waals surface area (Å²) in [5, 5.41) is 7.37. The Bertz CT molecular complexity index is 384. The van der Waals surface area contributed by atoms with E-state index < -0.39 is 0 Å². The van der Waals surface area contributed by atoms with Gasteiger partial charge in [0.1, 0.15) is 5.82 Å². The zero-order valence-electron chi connectivity index (χ0n) is 10.4. The van der Waals surface area contributed by atoms with Gasteiger partial charge in [-0.15, -0.1) is 5.10 Å². The maximum Gasteiger partial charge on any atom is 0.244 e. The molecule has 0 bridgehead atoms. The van der Waals surface area contributed by atoms with Crippen molar-refractivity contribution in [3.63, 3.8) is 0 Å². The standard InChI is InChI=1S/C12H21N5/c1-8-4-5-17(7-10(8)13)12-14-11(15-16-12)6-9-2-3-9/h8-10H,2-7,13H2,1H3,(H,14,15,16). The summed E-state index contributed by atoms with van der Waals surface area (Å²) in [6.07, 6.45) is 4.89. The van der Waals surface area contributed by atoms with E-state index in [9.17, 15) is 0 Å². The monoisotopic (exact) mass is 235 g/mol. The van der Waals surface area contributed by atoms with E-state index in [0.29, 0.717) is 5.92 Å². The van der Waals surface area contributed by atoms with Crippen molar-refractivity contribution in [1.82, 2.24) is 15.2 Å². The fourth-order valence-corrected chi connectivity index (χ4v) is 2.39. The van der Waals surface area contributed by atoms with E-state index in [4.69, 9.17) is 5.73 Å². The molecule has 2 unspecified atom stereocenters. The highest BCUT2D eigenvalue weighted by Gasteiger charge is 2.27. The van der Waals surface area contributed by atoms with E-state index in [0.717, 1.165) is 43.6 Å². The first kappa shape index (κ1) is 11.0. The molecule has 5 heteroatoms. The third-order valence-electron chi connectivity index (χ3n) is 4.00. The minimum absolute atomic E-state index is 0.245. The van der Waals surface area contributed by atoms with Crippen LogP contribution >= 0.6 is 0 Å². The number of nitrogens with zero attached hydrogens (tertiary/aromatic N) is 3. The Morgan fingerprint density at radius 3 is 2.94 bits per heavy atom. The van der Waals surface area contributed by atoms with E-state index in [1.54, 1.807) is 0 Å². The molecule has 2 aliphatic rings. The molecule has 0 amide bonds. The largest absolute Gasteiger partial charge is 0.338 e. The Balaban J connectivity index is 1.64. The van der Waals surface area contributed by atoms with Crippen LogP contribution in [-0.4, -0.2) is 34.3 Å². The molecule has 5 nitrogen and oxygen atoms in total. The number of hydrogen-bond acceptors (Lipinski definition) is 4. The summed E-state index contributed by atoms with van der Waals surface area (Å²) in [6, 6.07) is 0.245. The highest BCUT2D eigenvalue weighted by molar-refractivity contribution is 5.30. The predicted molar refractivity (Wildman–Crippen MR) is 66.8 cm³/mol. The lowest BCUT2D eigenvalue weighted by Crippen LogP contribution is -2.48. The molecule has 1 aliphatic carbocycles. The average Bonchev–Trinajstić information content (AvgIpc) is 2.99. The fourth-order valence-electron chi connectivity index (χ4n) is 2.39. The Morgan fingerprint density at radius 2 is 2.24 bits per heavy atom. The smallest absolute Gasteiger partial charge is 0.244 e. The minimum Gasteiger partial charge on any atom is -0.338 e. The number of piperidine rings is 1. The third kappa shape index (κ3) is 2.44. The van der Waals surface area contributed by atoms with E-state index in [2.05, 4.69) is 27.0 Å². The van der Waals surface area contributed by atoms with Gasteiger partial charge in [-0.1, -0.05) is 6.92 Å². The summed E-state index contributed by atoms with van der Waals surface area (Å²) in [6.45, 7) is 4.12. The predicted octanol–water partition coefficient (Wildman–Crippen LogP) is 0.931. The lowest BCUT2D eigenvalue weighted by Gasteiger charge is -2.34. The SMILES string of the molecule is CC1CCN(c2n[nH]c(CC3CC3)n2)CC1N. The number of rotatable bonds is 3. The molecule has 0 radical (unpaired) electrons. The van der Waals surface area contributed by atoms with Crippen LogP contribution in [0.3, 0.4) is 0 Å². The molecule has 1 aromatic heterocycles. The summed E-state index contributed by atoms with van der Waals surface area (Å²) < 4.78 is 0. The van der Waals surface area contributed by atoms with Crippen LogP contribution in [0.15, 0.2) is 0 Å². The van der Waals surface area contributed by atoms with E-state index in [-0.39, 0.29) is 6.04 Å². The van der Waals surface area contributed by atoms with Crippen LogP contribution in [0.1, 0.15) is 32.0 Å². The Labute approximate surface area is 102 Å². The van der Waals surface area contributed by atoms with Crippen molar-refractivity contribution in [3.8, 4) is 0 Å². The zero-order valence-corrected chi connectivity index (χ0v) is 10.4. The molecule has 2 heterocycles. The molecule has 94 valence electrons. The molecule has 2 atom stereocenters. The zero-order chi connectivity index (χ0) is 11.8. The van der Waals surface area contributed by atoms with Gasteiger partial charge in [0.2, 0.25) is 5.95 Å². The molecular formula is C12H21N5. The number of nitrogens with two attached hydrogens (primary N) is 1. The van der Waals surface area contributed by atoms with Crippen LogP contribution in [-0.2, 0) is 6.42 Å². The van der Waals surface area contributed by atoms with Crippen LogP contribution in [0.2, 0.25) is 0 Å². The van der Waals surface area contributed by atoms with Gasteiger partial charge >= 0.3 is 0 Å². The maximum absolute atomic E-state index is 6.10. The van der Waals surface area contributed by atoms with Crippen molar-refractivity contribution in [2.75, 3.05) is 18.0 Å². The summed E-state index contributed by atoms with van der Waals surface area (Å²) in [7, 11) is 0. The van der Waals surface area contributed by atoms with Crippen molar-refractivity contribution in [2.45, 2.75) is 38.6 Å². The molecule has 1 saturated heterocycles. The number of aromatic nitrogens is 3. The molecular weight excluding hydrogens is 214 g/mol. The maximum atomic E-state index is 6.10. The van der Waals surface area contributed by atoms with Crippen molar-refractivity contribution < 1.29 is 0 Å². The third-order valence-corrected chi connectivity index (χ3v) is 4.00. The van der Waals surface area contributed by atoms with Crippen molar-refractivity contribution in [1.29, 1.82) is 0 Å². The highest BCUT2D eigenvalue weighted by atomic mass is 15.4. The lowest BCUT2D eigenvalue weighted by molar-refractivity contribution is 0.376. The van der Waals surface area contributed by atoms with Gasteiger partial charge in [0, 0.05) is 25.6 Å². The number of anilines is 1. The summed E-state index contributed by atoms with van der Waals surface area (Å²) in [5.41, 5.74) is 6.10. The summed E-state index contributed by atoms with van der Waals surface area (Å²) in [5.74, 6) is 3.33. The quantitative estimate of drug-likeness (QED) is 0.817.